The number of thiophene rings is 1. The number of oxazole rings is 1. The quantitative estimate of drug-likeness (QED) is 0.442. The summed E-state index contributed by atoms with van der Waals surface area (Å²) in [7, 11) is 0. The number of hydrogen-bond donors (Lipinski definition) is 2. The topological polar surface area (TPSA) is 67.2 Å². The molecule has 5 nitrogen and oxygen atoms in total. The lowest BCUT2D eigenvalue weighted by molar-refractivity contribution is 0.0981. The molecule has 2 N–H and O–H groups in total. The van der Waals surface area contributed by atoms with Gasteiger partial charge in [0, 0.05) is 12.1 Å². The molecular weight excluding hydrogens is 402 g/mol. The number of amides is 1. The van der Waals surface area contributed by atoms with E-state index in [-0.39, 0.29) is 11.0 Å². The Labute approximate surface area is 177 Å². The highest BCUT2D eigenvalue weighted by Gasteiger charge is 2.11. The molecule has 0 spiro atoms. The van der Waals surface area contributed by atoms with Crippen LogP contribution in [0.5, 0.6) is 0 Å². The van der Waals surface area contributed by atoms with E-state index >= 15 is 0 Å². The molecule has 0 fully saturated rings. The van der Waals surface area contributed by atoms with E-state index in [1.165, 1.54) is 16.9 Å². The van der Waals surface area contributed by atoms with E-state index in [9.17, 15) is 4.79 Å². The molecule has 146 valence electrons. The number of anilines is 1. The van der Waals surface area contributed by atoms with Crippen LogP contribution in [0.3, 0.4) is 0 Å². The van der Waals surface area contributed by atoms with Crippen LogP contribution < -0.4 is 10.6 Å². The Bertz CT molecular complexity index is 1180. The number of carbonyl (C=O) groups is 1. The first kappa shape index (κ1) is 19.3. The summed E-state index contributed by atoms with van der Waals surface area (Å²) in [5.74, 6) is 0.476. The van der Waals surface area contributed by atoms with E-state index in [0.29, 0.717) is 17.2 Å². The zero-order valence-electron chi connectivity index (χ0n) is 16.0. The van der Waals surface area contributed by atoms with Crippen molar-refractivity contribution >= 4 is 51.4 Å². The van der Waals surface area contributed by atoms with Gasteiger partial charge in [-0.2, -0.15) is 0 Å². The molecule has 0 aliphatic carbocycles. The van der Waals surface area contributed by atoms with Crippen LogP contribution >= 0.6 is 23.6 Å². The fourth-order valence-corrected chi connectivity index (χ4v) is 3.94. The van der Waals surface area contributed by atoms with Crippen LogP contribution in [-0.2, 0) is 6.42 Å². The van der Waals surface area contributed by atoms with Crippen LogP contribution in [0.4, 0.5) is 5.69 Å². The normalized spacial score (nSPS) is 10.8. The van der Waals surface area contributed by atoms with Crippen LogP contribution in [0.25, 0.3) is 11.1 Å². The number of thiocarbonyl (C=S) groups is 1. The Kier molecular flexibility index (Phi) is 5.42. The molecule has 2 heterocycles. The van der Waals surface area contributed by atoms with Crippen molar-refractivity contribution in [1.29, 1.82) is 0 Å². The second kappa shape index (κ2) is 8.14. The predicted molar refractivity (Wildman–Crippen MR) is 121 cm³/mol. The number of aryl methyl sites for hydroxylation is 2. The minimum absolute atomic E-state index is 0.212. The average molecular weight is 422 g/mol. The van der Waals surface area contributed by atoms with Crippen molar-refractivity contribution in [1.82, 2.24) is 10.3 Å². The molecule has 29 heavy (non-hydrogen) atoms. The van der Waals surface area contributed by atoms with Gasteiger partial charge < -0.3 is 9.73 Å². The largest absolute Gasteiger partial charge is 0.440 e. The molecule has 1 amide bonds. The molecule has 2 aromatic heterocycles. The third-order valence-corrected chi connectivity index (χ3v) is 5.48. The fraction of sp³-hybridized carbons (Fsp3) is 0.136. The van der Waals surface area contributed by atoms with Crippen LogP contribution in [-0.4, -0.2) is 16.0 Å². The number of rotatable bonds is 4. The minimum Gasteiger partial charge on any atom is -0.440 e. The maximum atomic E-state index is 12.0. The van der Waals surface area contributed by atoms with Gasteiger partial charge in [0.05, 0.1) is 4.88 Å². The number of aromatic nitrogens is 1. The summed E-state index contributed by atoms with van der Waals surface area (Å²) >= 11 is 6.59. The maximum absolute atomic E-state index is 12.0. The number of nitrogens with zero attached hydrogens (tertiary/aromatic N) is 1. The molecule has 0 saturated carbocycles. The van der Waals surface area contributed by atoms with E-state index in [2.05, 4.69) is 28.6 Å². The predicted octanol–water partition coefficient (Wildman–Crippen LogP) is 5.22. The number of carbonyl (C=O) groups excluding carboxylic acids is 1. The van der Waals surface area contributed by atoms with E-state index < -0.39 is 0 Å². The summed E-state index contributed by atoms with van der Waals surface area (Å²) in [4.78, 5) is 17.3. The monoisotopic (exact) mass is 421 g/mol. The van der Waals surface area contributed by atoms with Crippen molar-refractivity contribution in [2.75, 3.05) is 5.32 Å². The van der Waals surface area contributed by atoms with Crippen LogP contribution in [0, 0.1) is 13.8 Å². The van der Waals surface area contributed by atoms with Gasteiger partial charge >= 0.3 is 0 Å². The van der Waals surface area contributed by atoms with Crippen LogP contribution in [0.15, 0.2) is 58.3 Å². The molecule has 4 rings (SSSR count). The highest BCUT2D eigenvalue weighted by atomic mass is 32.1. The van der Waals surface area contributed by atoms with Gasteiger partial charge in [-0.1, -0.05) is 24.3 Å². The second-order valence-electron chi connectivity index (χ2n) is 6.80. The molecule has 0 aliphatic heterocycles. The molecule has 2 aromatic carbocycles. The van der Waals surface area contributed by atoms with Crippen LogP contribution in [0.1, 0.15) is 32.3 Å². The zero-order chi connectivity index (χ0) is 20.4. The third-order valence-electron chi connectivity index (χ3n) is 4.40. The van der Waals surface area contributed by atoms with Crippen molar-refractivity contribution in [2.45, 2.75) is 20.3 Å². The molecule has 0 radical (unpaired) electrons. The summed E-state index contributed by atoms with van der Waals surface area (Å²) in [6.45, 7) is 4.09. The molecular formula is C22H19N3O2S2. The summed E-state index contributed by atoms with van der Waals surface area (Å²) in [5.41, 5.74) is 5.88. The van der Waals surface area contributed by atoms with Crippen molar-refractivity contribution in [3.05, 3.63) is 81.4 Å². The molecule has 7 heteroatoms. The van der Waals surface area contributed by atoms with Gasteiger partial charge in [0.15, 0.2) is 16.6 Å². The molecule has 0 atom stereocenters. The first-order valence-corrected chi connectivity index (χ1v) is 10.4. The summed E-state index contributed by atoms with van der Waals surface area (Å²) < 4.78 is 5.94. The summed E-state index contributed by atoms with van der Waals surface area (Å²) in [6, 6.07) is 15.5. The van der Waals surface area contributed by atoms with Gasteiger partial charge in [-0.3, -0.25) is 10.1 Å². The van der Waals surface area contributed by atoms with Gasteiger partial charge in [0.2, 0.25) is 0 Å². The first-order valence-electron chi connectivity index (χ1n) is 9.09. The second-order valence-corrected chi connectivity index (χ2v) is 8.15. The number of nitrogens with one attached hydrogen (secondary N) is 2. The zero-order valence-corrected chi connectivity index (χ0v) is 17.6. The smallest absolute Gasteiger partial charge is 0.267 e. The molecule has 0 saturated heterocycles. The van der Waals surface area contributed by atoms with Gasteiger partial charge in [0.1, 0.15) is 5.52 Å². The Balaban J connectivity index is 1.39. The fourth-order valence-electron chi connectivity index (χ4n) is 3.11. The summed E-state index contributed by atoms with van der Waals surface area (Å²) in [5, 5.41) is 7.82. The SMILES string of the molecule is Cc1cc(C)c2oc(Cc3ccc(NC(=S)NC(=O)c4cccs4)cc3)nc2c1. The van der Waals surface area contributed by atoms with E-state index in [1.54, 1.807) is 6.07 Å². The summed E-state index contributed by atoms with van der Waals surface area (Å²) in [6.07, 6.45) is 0.604. The average Bonchev–Trinajstić information content (AvgIpc) is 3.33. The Morgan fingerprint density at radius 1 is 1.17 bits per heavy atom. The number of fused-ring (bicyclic) bond motifs is 1. The lowest BCUT2D eigenvalue weighted by Crippen LogP contribution is -2.33. The first-order chi connectivity index (χ1) is 14.0. The van der Waals surface area contributed by atoms with E-state index in [4.69, 9.17) is 16.6 Å². The van der Waals surface area contributed by atoms with Crippen molar-refractivity contribution in [2.24, 2.45) is 0 Å². The molecule has 0 aliphatic rings. The van der Waals surface area contributed by atoms with E-state index in [0.717, 1.165) is 27.9 Å². The van der Waals surface area contributed by atoms with Crippen molar-refractivity contribution in [3.63, 3.8) is 0 Å². The van der Waals surface area contributed by atoms with Crippen molar-refractivity contribution in [3.8, 4) is 0 Å². The van der Waals surface area contributed by atoms with Gasteiger partial charge in [-0.05, 0) is 72.4 Å². The minimum atomic E-state index is -0.212. The third kappa shape index (κ3) is 4.52. The maximum Gasteiger partial charge on any atom is 0.267 e. The van der Waals surface area contributed by atoms with Gasteiger partial charge in [0.25, 0.3) is 5.91 Å². The Hall–Kier alpha value is -3.03. The lowest BCUT2D eigenvalue weighted by Gasteiger charge is -2.09. The molecule has 4 aromatic rings. The highest BCUT2D eigenvalue weighted by molar-refractivity contribution is 7.80. The lowest BCUT2D eigenvalue weighted by atomic mass is 10.1. The highest BCUT2D eigenvalue weighted by Crippen LogP contribution is 2.23. The number of benzene rings is 2. The van der Waals surface area contributed by atoms with Gasteiger partial charge in [-0.25, -0.2) is 4.98 Å². The van der Waals surface area contributed by atoms with Crippen LogP contribution in [0.2, 0.25) is 0 Å². The van der Waals surface area contributed by atoms with E-state index in [1.807, 2.05) is 48.7 Å². The standard InChI is InChI=1S/C22H19N3O2S2/c1-13-10-14(2)20-17(11-13)24-19(27-20)12-15-5-7-16(8-6-15)23-22(28)25-21(26)18-4-3-9-29-18/h3-11H,12H2,1-2H3,(H2,23,25,26,28). The van der Waals surface area contributed by atoms with Crippen molar-refractivity contribution < 1.29 is 9.21 Å². The number of hydrogen-bond acceptors (Lipinski definition) is 5. The Morgan fingerprint density at radius 2 is 1.97 bits per heavy atom. The van der Waals surface area contributed by atoms with Gasteiger partial charge in [-0.15, -0.1) is 11.3 Å². The Morgan fingerprint density at radius 3 is 2.69 bits per heavy atom. The molecule has 0 bridgehead atoms. The molecule has 0 unspecified atom stereocenters.